The van der Waals surface area contributed by atoms with Crippen LogP contribution in [0.15, 0.2) is 46.9 Å². The maximum atomic E-state index is 10.8. The highest BCUT2D eigenvalue weighted by Gasteiger charge is 2.08. The molecule has 21 heavy (non-hydrogen) atoms. The van der Waals surface area contributed by atoms with Gasteiger partial charge in [-0.3, -0.25) is 10.1 Å². The first-order valence-electron chi connectivity index (χ1n) is 6.11. The molecule has 0 N–H and O–H groups in total. The second kappa shape index (κ2) is 5.38. The zero-order valence-corrected chi connectivity index (χ0v) is 11.4. The fourth-order valence-corrected chi connectivity index (χ4v) is 2.08. The summed E-state index contributed by atoms with van der Waals surface area (Å²) in [6.07, 6.45) is 3.27. The Balaban J connectivity index is 1.95. The van der Waals surface area contributed by atoms with Gasteiger partial charge in [0.05, 0.1) is 4.92 Å². The van der Waals surface area contributed by atoms with Gasteiger partial charge in [-0.15, -0.1) is 0 Å². The SMILES string of the molecule is O=[N+]([O-])c1ccc(Cl)c(/C=C/c2nc3ccccc3o2)c1. The Morgan fingerprint density at radius 2 is 2.00 bits per heavy atom. The van der Waals surface area contributed by atoms with Gasteiger partial charge in [0.25, 0.3) is 5.69 Å². The van der Waals surface area contributed by atoms with Crippen LogP contribution in [0.2, 0.25) is 5.02 Å². The number of hydrogen-bond donors (Lipinski definition) is 0. The molecule has 104 valence electrons. The molecule has 2 aromatic carbocycles. The lowest BCUT2D eigenvalue weighted by molar-refractivity contribution is -0.384. The van der Waals surface area contributed by atoms with Crippen molar-refractivity contribution < 1.29 is 9.34 Å². The van der Waals surface area contributed by atoms with Crippen molar-refractivity contribution in [2.75, 3.05) is 0 Å². The highest BCUT2D eigenvalue weighted by Crippen LogP contribution is 2.24. The Morgan fingerprint density at radius 3 is 2.76 bits per heavy atom. The van der Waals surface area contributed by atoms with Crippen LogP contribution < -0.4 is 0 Å². The monoisotopic (exact) mass is 300 g/mol. The van der Waals surface area contributed by atoms with E-state index in [0.29, 0.717) is 22.1 Å². The zero-order valence-electron chi connectivity index (χ0n) is 10.7. The number of hydrogen-bond acceptors (Lipinski definition) is 4. The number of rotatable bonds is 3. The molecule has 0 saturated carbocycles. The van der Waals surface area contributed by atoms with Crippen molar-refractivity contribution in [2.24, 2.45) is 0 Å². The molecule has 0 radical (unpaired) electrons. The summed E-state index contributed by atoms with van der Waals surface area (Å²) in [6.45, 7) is 0. The van der Waals surface area contributed by atoms with Crippen LogP contribution in [0.25, 0.3) is 23.3 Å². The average molecular weight is 301 g/mol. The van der Waals surface area contributed by atoms with E-state index in [1.807, 2.05) is 24.3 Å². The van der Waals surface area contributed by atoms with Crippen LogP contribution >= 0.6 is 11.6 Å². The number of halogens is 1. The molecule has 3 aromatic rings. The van der Waals surface area contributed by atoms with Crippen molar-refractivity contribution in [1.82, 2.24) is 4.98 Å². The summed E-state index contributed by atoms with van der Waals surface area (Å²) >= 11 is 6.02. The third kappa shape index (κ3) is 2.78. The number of non-ortho nitro benzene ring substituents is 1. The standard InChI is InChI=1S/C15H9ClN2O3/c16-12-7-6-11(18(19)20)9-10(12)5-8-15-17-13-3-1-2-4-14(13)21-15/h1-9H/b8-5+. The van der Waals surface area contributed by atoms with Gasteiger partial charge in [0.15, 0.2) is 5.58 Å². The van der Waals surface area contributed by atoms with Gasteiger partial charge in [-0.05, 0) is 24.3 Å². The van der Waals surface area contributed by atoms with Crippen molar-refractivity contribution in [3.8, 4) is 0 Å². The van der Waals surface area contributed by atoms with E-state index in [1.54, 1.807) is 12.2 Å². The van der Waals surface area contributed by atoms with Crippen molar-refractivity contribution in [2.45, 2.75) is 0 Å². The van der Waals surface area contributed by atoms with E-state index in [1.165, 1.54) is 18.2 Å². The van der Waals surface area contributed by atoms with Gasteiger partial charge < -0.3 is 4.42 Å². The lowest BCUT2D eigenvalue weighted by Gasteiger charge is -1.97. The molecule has 0 aliphatic rings. The normalized spacial score (nSPS) is 11.3. The fraction of sp³-hybridized carbons (Fsp3) is 0. The van der Waals surface area contributed by atoms with Crippen molar-refractivity contribution in [3.05, 3.63) is 69.1 Å². The van der Waals surface area contributed by atoms with E-state index in [9.17, 15) is 10.1 Å². The van der Waals surface area contributed by atoms with Crippen LogP contribution in [0.4, 0.5) is 5.69 Å². The Bertz CT molecular complexity index is 822. The van der Waals surface area contributed by atoms with Gasteiger partial charge in [-0.1, -0.05) is 23.7 Å². The predicted octanol–water partition coefficient (Wildman–Crippen LogP) is 4.56. The maximum Gasteiger partial charge on any atom is 0.270 e. The molecule has 0 aliphatic heterocycles. The highest BCUT2D eigenvalue weighted by atomic mass is 35.5. The third-order valence-corrected chi connectivity index (χ3v) is 3.25. The Morgan fingerprint density at radius 1 is 1.19 bits per heavy atom. The molecule has 0 amide bonds. The smallest absolute Gasteiger partial charge is 0.270 e. The van der Waals surface area contributed by atoms with Gasteiger partial charge in [0.2, 0.25) is 5.89 Å². The summed E-state index contributed by atoms with van der Waals surface area (Å²) in [5.74, 6) is 0.416. The largest absolute Gasteiger partial charge is 0.437 e. The van der Waals surface area contributed by atoms with E-state index in [4.69, 9.17) is 16.0 Å². The molecule has 0 atom stereocenters. The van der Waals surface area contributed by atoms with Gasteiger partial charge >= 0.3 is 0 Å². The molecule has 0 fully saturated rings. The van der Waals surface area contributed by atoms with Crippen LogP contribution in [0.1, 0.15) is 11.5 Å². The first-order valence-corrected chi connectivity index (χ1v) is 6.49. The first kappa shape index (κ1) is 13.3. The maximum absolute atomic E-state index is 10.8. The number of aromatic nitrogens is 1. The third-order valence-electron chi connectivity index (χ3n) is 2.91. The molecule has 0 spiro atoms. The minimum absolute atomic E-state index is 0.0170. The number of fused-ring (bicyclic) bond motifs is 1. The first-order chi connectivity index (χ1) is 10.1. The van der Waals surface area contributed by atoms with Crippen molar-refractivity contribution in [1.29, 1.82) is 0 Å². The van der Waals surface area contributed by atoms with E-state index in [0.717, 1.165) is 5.52 Å². The number of benzene rings is 2. The number of nitrogens with zero attached hydrogens (tertiary/aromatic N) is 2. The summed E-state index contributed by atoms with van der Waals surface area (Å²) in [6, 6.07) is 11.6. The number of nitro benzene ring substituents is 1. The second-order valence-electron chi connectivity index (χ2n) is 4.32. The number of oxazole rings is 1. The zero-order chi connectivity index (χ0) is 14.8. The van der Waals surface area contributed by atoms with Crippen LogP contribution in [0.5, 0.6) is 0 Å². The minimum Gasteiger partial charge on any atom is -0.437 e. The molecule has 5 nitrogen and oxygen atoms in total. The second-order valence-corrected chi connectivity index (χ2v) is 4.72. The van der Waals surface area contributed by atoms with E-state index in [2.05, 4.69) is 4.98 Å². The average Bonchev–Trinajstić information content (AvgIpc) is 2.89. The van der Waals surface area contributed by atoms with Crippen LogP contribution in [0, 0.1) is 10.1 Å². The Hall–Kier alpha value is -2.66. The van der Waals surface area contributed by atoms with E-state index in [-0.39, 0.29) is 5.69 Å². The van der Waals surface area contributed by atoms with Crippen LogP contribution in [0.3, 0.4) is 0 Å². The molecule has 0 unspecified atom stereocenters. The van der Waals surface area contributed by atoms with Gasteiger partial charge in [-0.25, -0.2) is 4.98 Å². The van der Waals surface area contributed by atoms with Gasteiger partial charge in [-0.2, -0.15) is 0 Å². The van der Waals surface area contributed by atoms with Gasteiger partial charge in [0.1, 0.15) is 5.52 Å². The molecule has 3 rings (SSSR count). The topological polar surface area (TPSA) is 69.2 Å². The summed E-state index contributed by atoms with van der Waals surface area (Å²) in [4.78, 5) is 14.6. The molecule has 1 aromatic heterocycles. The molecular formula is C15H9ClN2O3. The van der Waals surface area contributed by atoms with E-state index < -0.39 is 4.92 Å². The Labute approximate surface area is 124 Å². The van der Waals surface area contributed by atoms with Crippen LogP contribution in [-0.4, -0.2) is 9.91 Å². The minimum atomic E-state index is -0.465. The molecular weight excluding hydrogens is 292 g/mol. The molecule has 6 heteroatoms. The van der Waals surface area contributed by atoms with Gasteiger partial charge in [0, 0.05) is 28.8 Å². The summed E-state index contributed by atoms with van der Waals surface area (Å²) < 4.78 is 5.53. The van der Waals surface area contributed by atoms with Crippen molar-refractivity contribution >= 4 is 40.5 Å². The molecule has 1 heterocycles. The Kier molecular flexibility index (Phi) is 3.41. The number of para-hydroxylation sites is 2. The van der Waals surface area contributed by atoms with E-state index >= 15 is 0 Å². The molecule has 0 bridgehead atoms. The summed E-state index contributed by atoms with van der Waals surface area (Å²) in [7, 11) is 0. The quantitative estimate of drug-likeness (QED) is 0.525. The highest BCUT2D eigenvalue weighted by molar-refractivity contribution is 6.32. The molecule has 0 aliphatic carbocycles. The lowest BCUT2D eigenvalue weighted by atomic mass is 10.2. The summed E-state index contributed by atoms with van der Waals surface area (Å²) in [5, 5.41) is 11.2. The lowest BCUT2D eigenvalue weighted by Crippen LogP contribution is -1.88. The predicted molar refractivity (Wildman–Crippen MR) is 81.0 cm³/mol. The number of nitro groups is 1. The summed E-state index contributed by atoms with van der Waals surface area (Å²) in [5.41, 5.74) is 1.95. The molecule has 0 saturated heterocycles. The van der Waals surface area contributed by atoms with Crippen molar-refractivity contribution in [3.63, 3.8) is 0 Å². The van der Waals surface area contributed by atoms with Crippen LogP contribution in [-0.2, 0) is 0 Å². The fourth-order valence-electron chi connectivity index (χ4n) is 1.89.